The van der Waals surface area contributed by atoms with Crippen LogP contribution < -0.4 is 0 Å². The Morgan fingerprint density at radius 2 is 2.40 bits per heavy atom. The van der Waals surface area contributed by atoms with Crippen LogP contribution in [0.5, 0.6) is 0 Å². The highest BCUT2D eigenvalue weighted by atomic mass is 16.5. The molecule has 1 unspecified atom stereocenters. The summed E-state index contributed by atoms with van der Waals surface area (Å²) in [7, 11) is 1.75. The van der Waals surface area contributed by atoms with Crippen LogP contribution in [0, 0.1) is 0 Å². The van der Waals surface area contributed by atoms with Crippen molar-refractivity contribution in [3.63, 3.8) is 0 Å². The smallest absolute Gasteiger partial charge is 0.211 e. The van der Waals surface area contributed by atoms with Crippen LogP contribution in [0.3, 0.4) is 0 Å². The second-order valence-electron chi connectivity index (χ2n) is 2.84. The van der Waals surface area contributed by atoms with Crippen LogP contribution in [-0.4, -0.2) is 30.7 Å². The molecule has 0 aromatic heterocycles. The third kappa shape index (κ3) is 1.14. The average molecular weight is 143 g/mol. The fourth-order valence-electron chi connectivity index (χ4n) is 1.15. The van der Waals surface area contributed by atoms with E-state index in [1.165, 1.54) is 0 Å². The lowest BCUT2D eigenvalue weighted by Gasteiger charge is -2.30. The molecule has 0 spiro atoms. The number of ether oxygens (including phenoxy) is 1. The molecule has 1 saturated heterocycles. The summed E-state index contributed by atoms with van der Waals surface area (Å²) in [5.41, 5.74) is -0.332. The van der Waals surface area contributed by atoms with Gasteiger partial charge in [0.1, 0.15) is 5.72 Å². The predicted octanol–water partition coefficient (Wildman–Crippen LogP) is 0.601. The molecule has 1 amide bonds. The third-order valence-electron chi connectivity index (χ3n) is 2.10. The molecule has 1 aliphatic rings. The standard InChI is InChI=1S/C7H13NO2/c1-7(8(2)6-9)4-3-5-10-7/h6H,3-5H2,1-2H3. The van der Waals surface area contributed by atoms with Gasteiger partial charge in [0.15, 0.2) is 0 Å². The average Bonchev–Trinajstić information content (AvgIpc) is 2.36. The first-order valence-corrected chi connectivity index (χ1v) is 3.51. The summed E-state index contributed by atoms with van der Waals surface area (Å²) in [5, 5.41) is 0. The number of amides is 1. The minimum atomic E-state index is -0.332. The molecule has 1 aliphatic heterocycles. The van der Waals surface area contributed by atoms with Gasteiger partial charge in [0.05, 0.1) is 0 Å². The quantitative estimate of drug-likeness (QED) is 0.530. The highest BCUT2D eigenvalue weighted by molar-refractivity contribution is 5.47. The molecule has 0 aliphatic carbocycles. The monoisotopic (exact) mass is 143 g/mol. The summed E-state index contributed by atoms with van der Waals surface area (Å²) in [6, 6.07) is 0. The van der Waals surface area contributed by atoms with Crippen LogP contribution in [0.25, 0.3) is 0 Å². The fraction of sp³-hybridized carbons (Fsp3) is 0.857. The Morgan fingerprint density at radius 3 is 2.80 bits per heavy atom. The van der Waals surface area contributed by atoms with E-state index in [0.29, 0.717) is 0 Å². The first-order chi connectivity index (χ1) is 4.69. The van der Waals surface area contributed by atoms with Crippen LogP contribution in [0.2, 0.25) is 0 Å². The minimum Gasteiger partial charge on any atom is -0.356 e. The lowest BCUT2D eigenvalue weighted by atomic mass is 10.1. The van der Waals surface area contributed by atoms with Gasteiger partial charge in [0.25, 0.3) is 0 Å². The van der Waals surface area contributed by atoms with Gasteiger partial charge in [0.2, 0.25) is 6.41 Å². The Balaban J connectivity index is 2.57. The molecule has 0 N–H and O–H groups in total. The van der Waals surface area contributed by atoms with E-state index in [4.69, 9.17) is 4.74 Å². The Hall–Kier alpha value is -0.570. The van der Waals surface area contributed by atoms with Crippen molar-refractivity contribution >= 4 is 6.41 Å². The lowest BCUT2D eigenvalue weighted by molar-refractivity contribution is -0.141. The van der Waals surface area contributed by atoms with Gasteiger partial charge >= 0.3 is 0 Å². The van der Waals surface area contributed by atoms with Crippen molar-refractivity contribution in [1.29, 1.82) is 0 Å². The van der Waals surface area contributed by atoms with Gasteiger partial charge in [-0.25, -0.2) is 0 Å². The summed E-state index contributed by atoms with van der Waals surface area (Å²) < 4.78 is 5.39. The Bertz CT molecular complexity index is 130. The maximum atomic E-state index is 10.3. The first-order valence-electron chi connectivity index (χ1n) is 3.51. The summed E-state index contributed by atoms with van der Waals surface area (Å²) >= 11 is 0. The van der Waals surface area contributed by atoms with E-state index in [0.717, 1.165) is 25.9 Å². The molecule has 3 nitrogen and oxygen atoms in total. The molecular weight excluding hydrogens is 130 g/mol. The number of carbonyl (C=O) groups excluding carboxylic acids is 1. The van der Waals surface area contributed by atoms with E-state index in [9.17, 15) is 4.79 Å². The zero-order chi connectivity index (χ0) is 7.61. The topological polar surface area (TPSA) is 29.5 Å². The lowest BCUT2D eigenvalue weighted by Crippen LogP contribution is -2.42. The molecule has 0 aromatic rings. The van der Waals surface area contributed by atoms with Gasteiger partial charge in [-0.2, -0.15) is 0 Å². The number of rotatable bonds is 2. The SMILES string of the molecule is CN(C=O)C1(C)CCCO1. The normalized spacial score (nSPS) is 32.2. The zero-order valence-corrected chi connectivity index (χ0v) is 6.46. The van der Waals surface area contributed by atoms with Crippen molar-refractivity contribution in [3.8, 4) is 0 Å². The van der Waals surface area contributed by atoms with Crippen molar-refractivity contribution in [2.24, 2.45) is 0 Å². The number of carbonyl (C=O) groups is 1. The van der Waals surface area contributed by atoms with Crippen molar-refractivity contribution in [2.75, 3.05) is 13.7 Å². The highest BCUT2D eigenvalue weighted by Gasteiger charge is 2.33. The molecule has 1 rings (SSSR count). The van der Waals surface area contributed by atoms with Crippen LogP contribution in [0.1, 0.15) is 19.8 Å². The fourth-order valence-corrected chi connectivity index (χ4v) is 1.15. The second-order valence-corrected chi connectivity index (χ2v) is 2.84. The van der Waals surface area contributed by atoms with Crippen LogP contribution in [-0.2, 0) is 9.53 Å². The van der Waals surface area contributed by atoms with E-state index in [1.54, 1.807) is 11.9 Å². The molecule has 10 heavy (non-hydrogen) atoms. The van der Waals surface area contributed by atoms with Gasteiger partial charge in [-0.05, 0) is 19.8 Å². The molecule has 1 atom stereocenters. The maximum absolute atomic E-state index is 10.3. The van der Waals surface area contributed by atoms with Crippen LogP contribution in [0.4, 0.5) is 0 Å². The summed E-state index contributed by atoms with van der Waals surface area (Å²) in [6.45, 7) is 2.71. The Labute approximate surface area is 61.0 Å². The van der Waals surface area contributed by atoms with Gasteiger partial charge in [-0.3, -0.25) is 4.79 Å². The number of nitrogens with zero attached hydrogens (tertiary/aromatic N) is 1. The van der Waals surface area contributed by atoms with Crippen molar-refractivity contribution in [3.05, 3.63) is 0 Å². The summed E-state index contributed by atoms with van der Waals surface area (Å²) in [5.74, 6) is 0. The molecule has 0 bridgehead atoms. The van der Waals surface area contributed by atoms with E-state index in [2.05, 4.69) is 0 Å². The molecule has 0 radical (unpaired) electrons. The van der Waals surface area contributed by atoms with Gasteiger partial charge in [-0.1, -0.05) is 0 Å². The molecule has 1 heterocycles. The van der Waals surface area contributed by atoms with Crippen LogP contribution >= 0.6 is 0 Å². The third-order valence-corrected chi connectivity index (χ3v) is 2.10. The highest BCUT2D eigenvalue weighted by Crippen LogP contribution is 2.26. The molecule has 0 saturated carbocycles. The van der Waals surface area contributed by atoms with Crippen LogP contribution in [0.15, 0.2) is 0 Å². The summed E-state index contributed by atoms with van der Waals surface area (Å²) in [6.07, 6.45) is 2.81. The number of hydrogen-bond acceptors (Lipinski definition) is 2. The van der Waals surface area contributed by atoms with Crippen molar-refractivity contribution in [2.45, 2.75) is 25.5 Å². The van der Waals surface area contributed by atoms with E-state index < -0.39 is 0 Å². The van der Waals surface area contributed by atoms with E-state index >= 15 is 0 Å². The van der Waals surface area contributed by atoms with Gasteiger partial charge in [0, 0.05) is 13.7 Å². The zero-order valence-electron chi connectivity index (χ0n) is 6.46. The minimum absolute atomic E-state index is 0.332. The second kappa shape index (κ2) is 2.58. The van der Waals surface area contributed by atoms with E-state index in [-0.39, 0.29) is 5.72 Å². The number of hydrogen-bond donors (Lipinski definition) is 0. The first kappa shape index (κ1) is 7.54. The molecule has 3 heteroatoms. The van der Waals surface area contributed by atoms with Crippen molar-refractivity contribution < 1.29 is 9.53 Å². The van der Waals surface area contributed by atoms with Gasteiger partial charge < -0.3 is 9.64 Å². The maximum Gasteiger partial charge on any atom is 0.211 e. The molecular formula is C7H13NO2. The Kier molecular flexibility index (Phi) is 1.94. The predicted molar refractivity (Wildman–Crippen MR) is 37.4 cm³/mol. The summed E-state index contributed by atoms with van der Waals surface area (Å²) in [4.78, 5) is 11.9. The largest absolute Gasteiger partial charge is 0.356 e. The molecule has 58 valence electrons. The molecule has 0 aromatic carbocycles. The molecule has 1 fully saturated rings. The Morgan fingerprint density at radius 1 is 1.70 bits per heavy atom. The van der Waals surface area contributed by atoms with Gasteiger partial charge in [-0.15, -0.1) is 0 Å². The van der Waals surface area contributed by atoms with E-state index in [1.807, 2.05) is 6.92 Å². The van der Waals surface area contributed by atoms with Crippen molar-refractivity contribution in [1.82, 2.24) is 4.90 Å².